The summed E-state index contributed by atoms with van der Waals surface area (Å²) in [5.41, 5.74) is 8.05. The lowest BCUT2D eigenvalue weighted by Gasteiger charge is -2.42. The summed E-state index contributed by atoms with van der Waals surface area (Å²) in [7, 11) is 7.41. The normalized spacial score (nSPS) is 22.6. The van der Waals surface area contributed by atoms with Crippen LogP contribution in [0.3, 0.4) is 0 Å². The quantitative estimate of drug-likeness (QED) is 0.118. The lowest BCUT2D eigenvalue weighted by atomic mass is 9.67. The molecule has 17 nitrogen and oxygen atoms in total. The van der Waals surface area contributed by atoms with Crippen molar-refractivity contribution < 1.29 is 33.4 Å². The molecule has 6 atom stereocenters. The Kier molecular flexibility index (Phi) is 14.5. The van der Waals surface area contributed by atoms with Gasteiger partial charge in [0, 0.05) is 98.4 Å². The Labute approximate surface area is 411 Å². The molecule has 2 saturated heterocycles. The molecule has 1 aliphatic carbocycles. The summed E-state index contributed by atoms with van der Waals surface area (Å²) in [6, 6.07) is 9.66. The number of cyclic esters (lactones) is 1. The van der Waals surface area contributed by atoms with Crippen LogP contribution in [0.15, 0.2) is 41.5 Å². The van der Waals surface area contributed by atoms with Gasteiger partial charge < -0.3 is 23.7 Å². The zero-order chi connectivity index (χ0) is 50.4. The van der Waals surface area contributed by atoms with E-state index >= 15 is 0 Å². The van der Waals surface area contributed by atoms with Crippen molar-refractivity contribution in [2.45, 2.75) is 111 Å². The number of amides is 3. The highest BCUT2D eigenvalue weighted by Crippen LogP contribution is 2.57. The van der Waals surface area contributed by atoms with Gasteiger partial charge in [-0.1, -0.05) is 40.5 Å². The monoisotopic (exact) mass is 959 g/mol. The molecule has 0 spiro atoms. The van der Waals surface area contributed by atoms with Gasteiger partial charge in [-0.2, -0.15) is 5.10 Å². The van der Waals surface area contributed by atoms with Gasteiger partial charge in [-0.05, 0) is 95.4 Å². The summed E-state index contributed by atoms with van der Waals surface area (Å²) in [5.74, 6) is 3.39. The van der Waals surface area contributed by atoms with Crippen LogP contribution in [0.25, 0.3) is 33.5 Å². The first-order valence-corrected chi connectivity index (χ1v) is 24.7. The van der Waals surface area contributed by atoms with Crippen LogP contribution < -0.4 is 5.43 Å². The minimum Gasteiger partial charge on any atom is -0.464 e. The minimum absolute atomic E-state index is 0.0870. The molecule has 3 amide bonds. The molecular formula is C53H70N10O7. The average Bonchev–Trinajstić information content (AvgIpc) is 3.86. The molecule has 17 heteroatoms. The van der Waals surface area contributed by atoms with E-state index in [0.29, 0.717) is 50.7 Å². The maximum absolute atomic E-state index is 14.8. The van der Waals surface area contributed by atoms with E-state index in [4.69, 9.17) is 29.3 Å². The molecule has 374 valence electrons. The van der Waals surface area contributed by atoms with Crippen molar-refractivity contribution in [3.8, 4) is 34.5 Å². The smallest absolute Gasteiger partial charge is 0.324 e. The third-order valence-corrected chi connectivity index (χ3v) is 15.0. The zero-order valence-corrected chi connectivity index (χ0v) is 42.9. The Hall–Kier alpha value is -5.80. The van der Waals surface area contributed by atoms with Gasteiger partial charge in [-0.15, -0.1) is 0 Å². The molecule has 1 N–H and O–H groups in total. The number of esters is 1. The van der Waals surface area contributed by atoms with Crippen molar-refractivity contribution in [3.63, 3.8) is 0 Å². The molecule has 0 saturated carbocycles. The molecular weight excluding hydrogens is 889 g/mol. The lowest BCUT2D eigenvalue weighted by molar-refractivity contribution is -0.157. The van der Waals surface area contributed by atoms with Crippen LogP contribution in [0.4, 0.5) is 0 Å². The molecule has 4 aliphatic rings. The number of carbonyl (C=O) groups excluding carboxylic acids is 4. The van der Waals surface area contributed by atoms with Crippen LogP contribution in [-0.2, 0) is 53.4 Å². The van der Waals surface area contributed by atoms with Gasteiger partial charge in [0.1, 0.15) is 12.1 Å². The molecule has 3 aliphatic heterocycles. The van der Waals surface area contributed by atoms with Crippen molar-refractivity contribution in [3.05, 3.63) is 53.6 Å². The Bertz CT molecular complexity index is 2740. The Morgan fingerprint density at radius 3 is 2.60 bits per heavy atom. The van der Waals surface area contributed by atoms with E-state index in [-0.39, 0.29) is 55.3 Å². The fourth-order valence-corrected chi connectivity index (χ4v) is 10.2. The predicted molar refractivity (Wildman–Crippen MR) is 266 cm³/mol. The number of nitrogens with zero attached hydrogens (tertiary/aromatic N) is 9. The van der Waals surface area contributed by atoms with Gasteiger partial charge in [0.2, 0.25) is 5.91 Å². The molecule has 6 bridgehead atoms. The second-order valence-electron chi connectivity index (χ2n) is 21.2. The molecule has 1 aromatic carbocycles. The number of aryl methyl sites for hydroxylation is 2. The number of fused-ring (bicyclic) bond motifs is 8. The fraction of sp³-hybridized carbons (Fsp3) is 0.585. The van der Waals surface area contributed by atoms with E-state index in [2.05, 4.69) is 71.9 Å². The highest BCUT2D eigenvalue weighted by atomic mass is 16.5. The number of hydrazine groups is 1. The lowest BCUT2D eigenvalue weighted by Crippen LogP contribution is -2.57. The van der Waals surface area contributed by atoms with Gasteiger partial charge in [0.15, 0.2) is 11.6 Å². The summed E-state index contributed by atoms with van der Waals surface area (Å²) in [5, 5.41) is 7.43. The number of aliphatic imine (C=N–C) groups is 1. The number of hydrogen-bond donors (Lipinski definition) is 1. The highest BCUT2D eigenvalue weighted by molar-refractivity contribution is 5.97. The zero-order valence-electron chi connectivity index (χ0n) is 42.9. The number of nitrogens with one attached hydrogen (secondary N) is 1. The van der Waals surface area contributed by atoms with E-state index in [0.717, 1.165) is 39.0 Å². The first-order chi connectivity index (χ1) is 33.2. The Morgan fingerprint density at radius 2 is 1.90 bits per heavy atom. The molecule has 3 unspecified atom stereocenters. The molecule has 2 fully saturated rings. The van der Waals surface area contributed by atoms with Gasteiger partial charge in [-0.3, -0.25) is 34.1 Å². The molecule has 8 rings (SSSR count). The van der Waals surface area contributed by atoms with Crippen molar-refractivity contribution in [1.82, 2.24) is 44.6 Å². The number of likely N-dealkylation sites (tertiary alicyclic amines) is 1. The van der Waals surface area contributed by atoms with E-state index in [1.165, 1.54) is 5.01 Å². The SMILES string of the molecule is CCn1c2c3c4cc(ccc41)-c1nc(nn1C)CC(C(C)C=NC(=O)[C@@H](COC1CN(C(=O)C#CC(C)(C)N(C)C)C1)C(C)C)C(=O)N1CCC[C@H](N1)C(=O)OCC(C)(C)C3[C@H](OC)c1ncccc1-2. The van der Waals surface area contributed by atoms with Gasteiger partial charge in [0.05, 0.1) is 48.1 Å². The third kappa shape index (κ3) is 9.80. The summed E-state index contributed by atoms with van der Waals surface area (Å²) in [4.78, 5) is 73.5. The van der Waals surface area contributed by atoms with Crippen molar-refractivity contribution in [1.29, 1.82) is 0 Å². The number of benzene rings is 1. The predicted octanol–water partition coefficient (Wildman–Crippen LogP) is 5.62. The van der Waals surface area contributed by atoms with Crippen LogP contribution in [0.5, 0.6) is 0 Å². The number of rotatable bonds is 10. The van der Waals surface area contributed by atoms with Crippen molar-refractivity contribution in [2.75, 3.05) is 54.1 Å². The first kappa shape index (κ1) is 50.6. The maximum atomic E-state index is 14.8. The van der Waals surface area contributed by atoms with E-state index in [9.17, 15) is 19.2 Å². The number of hydrogen-bond acceptors (Lipinski definition) is 12. The first-order valence-electron chi connectivity index (χ1n) is 24.7. The Balaban J connectivity index is 1.08. The molecule has 70 heavy (non-hydrogen) atoms. The average molecular weight is 959 g/mol. The molecule has 0 radical (unpaired) electrons. The van der Waals surface area contributed by atoms with E-state index < -0.39 is 46.8 Å². The Morgan fingerprint density at radius 1 is 1.14 bits per heavy atom. The van der Waals surface area contributed by atoms with E-state index in [1.54, 1.807) is 29.1 Å². The maximum Gasteiger partial charge on any atom is 0.324 e. The molecule has 3 aromatic heterocycles. The standard InChI is InChI=1S/C53H70N10O7/c1-13-62-40-19-18-33-24-37(40)43-44(47(68-12)45-35(46(43)62)16-14-22-54-45)52(5,6)30-70-51(67)39-17-15-23-63(57-39)50(66)36(25-41-56-48(33)60(11)58-41)32(4)26-55-49(65)38(31(2)3)29-69-34-27-61(28-34)42(64)20-21-53(7,8)59(9)10/h14,16,18-19,22,24,26,31-32,34,36,38-39,44,47,57H,13,15,17,23,25,27-30H2,1-12H3/t32?,36?,38-,39-,44?,47-/m0/s1. The topological polar surface area (TPSA) is 179 Å². The summed E-state index contributed by atoms with van der Waals surface area (Å²) >= 11 is 0. The molecule has 6 heterocycles. The van der Waals surface area contributed by atoms with Gasteiger partial charge in [0.25, 0.3) is 11.8 Å². The van der Waals surface area contributed by atoms with E-state index in [1.807, 2.05) is 66.7 Å². The molecule has 4 aromatic rings. The summed E-state index contributed by atoms with van der Waals surface area (Å²) in [6.45, 7) is 18.1. The van der Waals surface area contributed by atoms with Crippen LogP contribution in [0.2, 0.25) is 0 Å². The number of pyridine rings is 1. The number of ether oxygens (including phenoxy) is 3. The fourth-order valence-electron chi connectivity index (χ4n) is 10.2. The third-order valence-electron chi connectivity index (χ3n) is 15.0. The van der Waals surface area contributed by atoms with Gasteiger partial charge in [-0.25, -0.2) is 20.1 Å². The highest BCUT2D eigenvalue weighted by Gasteiger charge is 2.48. The summed E-state index contributed by atoms with van der Waals surface area (Å²) < 4.78 is 22.9. The van der Waals surface area contributed by atoms with Gasteiger partial charge >= 0.3 is 5.97 Å². The number of aromatic nitrogens is 5. The number of methoxy groups -OCH3 is 1. The van der Waals surface area contributed by atoms with Crippen LogP contribution >= 0.6 is 0 Å². The van der Waals surface area contributed by atoms with Crippen molar-refractivity contribution >= 4 is 40.8 Å². The number of carbonyl (C=O) groups is 4. The second-order valence-corrected chi connectivity index (χ2v) is 21.2. The minimum atomic E-state index is -0.763. The summed E-state index contributed by atoms with van der Waals surface area (Å²) in [6.07, 6.45) is 3.91. The largest absolute Gasteiger partial charge is 0.464 e. The van der Waals surface area contributed by atoms with Crippen LogP contribution in [0, 0.1) is 40.9 Å². The van der Waals surface area contributed by atoms with Crippen molar-refractivity contribution in [2.24, 2.45) is 41.1 Å². The second kappa shape index (κ2) is 20.1. The van der Waals surface area contributed by atoms with Crippen LogP contribution in [0.1, 0.15) is 97.3 Å². The van der Waals surface area contributed by atoms with Crippen LogP contribution in [-0.4, -0.2) is 141 Å².